The maximum Gasteiger partial charge on any atom is -0.0381 e. The van der Waals surface area contributed by atoms with Gasteiger partial charge in [-0.1, -0.05) is 100 Å². The Morgan fingerprint density at radius 3 is 1.03 bits per heavy atom. The highest BCUT2D eigenvalue weighted by Crippen LogP contribution is 2.48. The first-order chi connectivity index (χ1) is 17.3. The second kappa shape index (κ2) is 15.0. The van der Waals surface area contributed by atoms with E-state index in [9.17, 15) is 0 Å². The minimum Gasteiger partial charge on any atom is -0.0651 e. The Bertz CT molecular complexity index is 523. The summed E-state index contributed by atoms with van der Waals surface area (Å²) >= 11 is 0. The van der Waals surface area contributed by atoms with Crippen molar-refractivity contribution in [1.82, 2.24) is 0 Å². The molecule has 0 heterocycles. The molecule has 3 saturated carbocycles. The van der Waals surface area contributed by atoms with Gasteiger partial charge in [0.05, 0.1) is 0 Å². The topological polar surface area (TPSA) is 0 Å². The minimum absolute atomic E-state index is 0.957. The minimum atomic E-state index is 0.957. The molecule has 0 radical (unpaired) electrons. The number of rotatable bonds is 12. The Morgan fingerprint density at radius 2 is 0.722 bits per heavy atom. The van der Waals surface area contributed by atoms with Gasteiger partial charge in [-0.25, -0.2) is 0 Å². The van der Waals surface area contributed by atoms with Crippen LogP contribution in [0.5, 0.6) is 0 Å². The molecule has 0 aromatic heterocycles. The molecule has 3 aliphatic rings. The van der Waals surface area contributed by atoms with Crippen LogP contribution in [0.3, 0.4) is 0 Å². The predicted octanol–water partition coefficient (Wildman–Crippen LogP) is 11.8. The Kier molecular flexibility index (Phi) is 12.7. The first-order valence-electron chi connectivity index (χ1n) is 17.3. The molecule has 0 heteroatoms. The van der Waals surface area contributed by atoms with Gasteiger partial charge < -0.3 is 0 Å². The van der Waals surface area contributed by atoms with Gasteiger partial charge in [0.1, 0.15) is 0 Å². The van der Waals surface area contributed by atoms with Crippen LogP contribution in [0.2, 0.25) is 0 Å². The molecule has 0 saturated heterocycles. The standard InChI is InChI=1S/C36H68/c1-9-29(22-31(11-3)35-18-25(5)16-26(6)19-35)33-14-13-15-34(24-33)30(10-2)23-32(12-4)36-20-27(7)17-28(8)21-36/h25-36H,9-24H2,1-8H3. The van der Waals surface area contributed by atoms with E-state index in [1.807, 2.05) is 0 Å². The van der Waals surface area contributed by atoms with Crippen LogP contribution in [-0.4, -0.2) is 0 Å². The molecule has 0 aromatic rings. The lowest BCUT2D eigenvalue weighted by Gasteiger charge is -2.43. The van der Waals surface area contributed by atoms with Crippen molar-refractivity contribution in [1.29, 1.82) is 0 Å². The average molecular weight is 501 g/mol. The monoisotopic (exact) mass is 501 g/mol. The zero-order chi connectivity index (χ0) is 26.2. The summed E-state index contributed by atoms with van der Waals surface area (Å²) in [6, 6.07) is 0. The molecule has 0 aliphatic heterocycles. The van der Waals surface area contributed by atoms with Crippen molar-refractivity contribution >= 4 is 0 Å². The highest BCUT2D eigenvalue weighted by molar-refractivity contribution is 4.88. The van der Waals surface area contributed by atoms with Gasteiger partial charge in [-0.3, -0.25) is 0 Å². The summed E-state index contributed by atoms with van der Waals surface area (Å²) in [4.78, 5) is 0. The third-order valence-electron chi connectivity index (χ3n) is 12.2. The van der Waals surface area contributed by atoms with Gasteiger partial charge in [-0.15, -0.1) is 0 Å². The second-order valence-electron chi connectivity index (χ2n) is 15.2. The summed E-state index contributed by atoms with van der Waals surface area (Å²) < 4.78 is 0. The molecule has 3 rings (SSSR count). The van der Waals surface area contributed by atoms with Gasteiger partial charge >= 0.3 is 0 Å². The van der Waals surface area contributed by atoms with Gasteiger partial charge in [0.2, 0.25) is 0 Å². The van der Waals surface area contributed by atoms with E-state index in [2.05, 4.69) is 55.4 Å². The SMILES string of the molecule is CCC(CC(CC)C1CCCC(C(CC)CC(CC)C2CC(C)CC(C)C2)C1)C1CC(C)CC(C)C1. The van der Waals surface area contributed by atoms with Crippen molar-refractivity contribution in [2.45, 2.75) is 158 Å². The molecule has 0 aromatic carbocycles. The number of hydrogen-bond acceptors (Lipinski definition) is 0. The summed E-state index contributed by atoms with van der Waals surface area (Å²) in [7, 11) is 0. The van der Waals surface area contributed by atoms with E-state index >= 15 is 0 Å². The number of hydrogen-bond donors (Lipinski definition) is 0. The molecule has 36 heavy (non-hydrogen) atoms. The van der Waals surface area contributed by atoms with Crippen LogP contribution < -0.4 is 0 Å². The molecule has 10 atom stereocenters. The van der Waals surface area contributed by atoms with Crippen molar-refractivity contribution in [3.63, 3.8) is 0 Å². The first-order valence-corrected chi connectivity index (χ1v) is 17.3. The van der Waals surface area contributed by atoms with E-state index in [4.69, 9.17) is 0 Å². The summed E-state index contributed by atoms with van der Waals surface area (Å²) in [5.74, 6) is 11.8. The van der Waals surface area contributed by atoms with E-state index in [1.54, 1.807) is 19.3 Å². The smallest absolute Gasteiger partial charge is 0.0381 e. The summed E-state index contributed by atoms with van der Waals surface area (Å²) in [5.41, 5.74) is 0. The van der Waals surface area contributed by atoms with Gasteiger partial charge in [0, 0.05) is 0 Å². The van der Waals surface area contributed by atoms with Crippen LogP contribution in [0, 0.1) is 71.0 Å². The molecule has 0 amide bonds. The molecule has 0 N–H and O–H groups in total. The fourth-order valence-electron chi connectivity index (χ4n) is 10.5. The van der Waals surface area contributed by atoms with E-state index < -0.39 is 0 Å². The Balaban J connectivity index is 1.60. The van der Waals surface area contributed by atoms with Crippen molar-refractivity contribution < 1.29 is 0 Å². The second-order valence-corrected chi connectivity index (χ2v) is 15.2. The first kappa shape index (κ1) is 30.5. The van der Waals surface area contributed by atoms with Gasteiger partial charge in [-0.05, 0) is 129 Å². The third kappa shape index (κ3) is 8.50. The predicted molar refractivity (Wildman–Crippen MR) is 161 cm³/mol. The third-order valence-corrected chi connectivity index (χ3v) is 12.2. The van der Waals surface area contributed by atoms with Crippen molar-refractivity contribution in [3.8, 4) is 0 Å². The van der Waals surface area contributed by atoms with E-state index in [1.165, 1.54) is 83.5 Å². The van der Waals surface area contributed by atoms with Crippen LogP contribution in [0.15, 0.2) is 0 Å². The molecule has 3 fully saturated rings. The molecule has 0 spiro atoms. The van der Waals surface area contributed by atoms with E-state index in [0.717, 1.165) is 71.0 Å². The maximum absolute atomic E-state index is 2.53. The quantitative estimate of drug-likeness (QED) is 0.250. The lowest BCUT2D eigenvalue weighted by molar-refractivity contribution is 0.0788. The van der Waals surface area contributed by atoms with E-state index in [-0.39, 0.29) is 0 Å². The van der Waals surface area contributed by atoms with Crippen molar-refractivity contribution in [2.24, 2.45) is 71.0 Å². The highest BCUT2D eigenvalue weighted by Gasteiger charge is 2.37. The summed E-state index contributed by atoms with van der Waals surface area (Å²) in [5, 5.41) is 0. The Morgan fingerprint density at radius 1 is 0.417 bits per heavy atom. The lowest BCUT2D eigenvalue weighted by atomic mass is 9.63. The van der Waals surface area contributed by atoms with Crippen LogP contribution in [0.1, 0.15) is 158 Å². The molecule has 10 unspecified atom stereocenters. The van der Waals surface area contributed by atoms with Gasteiger partial charge in [0.15, 0.2) is 0 Å². The normalized spacial score (nSPS) is 39.3. The van der Waals surface area contributed by atoms with Crippen LogP contribution in [-0.2, 0) is 0 Å². The molecule has 212 valence electrons. The Labute approximate surface area is 228 Å². The largest absolute Gasteiger partial charge is 0.0651 e. The van der Waals surface area contributed by atoms with Crippen LogP contribution in [0.4, 0.5) is 0 Å². The van der Waals surface area contributed by atoms with E-state index in [0.29, 0.717) is 0 Å². The molecular weight excluding hydrogens is 432 g/mol. The fraction of sp³-hybridized carbons (Fsp3) is 1.00. The average Bonchev–Trinajstić information content (AvgIpc) is 2.84. The van der Waals surface area contributed by atoms with Crippen LogP contribution >= 0.6 is 0 Å². The zero-order valence-corrected chi connectivity index (χ0v) is 26.2. The molecule has 3 aliphatic carbocycles. The lowest BCUT2D eigenvalue weighted by Crippen LogP contribution is -2.32. The van der Waals surface area contributed by atoms with Gasteiger partial charge in [0.25, 0.3) is 0 Å². The van der Waals surface area contributed by atoms with Gasteiger partial charge in [-0.2, -0.15) is 0 Å². The summed E-state index contributed by atoms with van der Waals surface area (Å²) in [6.07, 6.45) is 24.0. The summed E-state index contributed by atoms with van der Waals surface area (Å²) in [6.45, 7) is 20.2. The molecule has 0 bridgehead atoms. The maximum atomic E-state index is 2.53. The fourth-order valence-corrected chi connectivity index (χ4v) is 10.5. The van der Waals surface area contributed by atoms with Crippen molar-refractivity contribution in [3.05, 3.63) is 0 Å². The molecular formula is C36H68. The Hall–Kier alpha value is 0. The van der Waals surface area contributed by atoms with Crippen molar-refractivity contribution in [2.75, 3.05) is 0 Å². The molecule has 0 nitrogen and oxygen atoms in total. The van der Waals surface area contributed by atoms with Crippen LogP contribution in [0.25, 0.3) is 0 Å². The highest BCUT2D eigenvalue weighted by atomic mass is 14.4. The zero-order valence-electron chi connectivity index (χ0n) is 26.2.